The molecule has 0 saturated carbocycles. The van der Waals surface area contributed by atoms with Crippen molar-refractivity contribution in [1.29, 1.82) is 0 Å². The minimum atomic E-state index is 0.328. The lowest BCUT2D eigenvalue weighted by Gasteiger charge is -2.17. The van der Waals surface area contributed by atoms with Crippen LogP contribution in [0.5, 0.6) is 0 Å². The number of aromatic nitrogens is 3. The van der Waals surface area contributed by atoms with Crippen LogP contribution < -0.4 is 0 Å². The smallest absolute Gasteiger partial charge is 0.230 e. The third kappa shape index (κ3) is 2.19. The number of nitrogens with zero attached hydrogens (tertiary/aromatic N) is 3. The van der Waals surface area contributed by atoms with E-state index in [-0.39, 0.29) is 0 Å². The molecule has 0 spiro atoms. The first-order valence-electron chi connectivity index (χ1n) is 5.76. The molecular formula is C12H13N3O2. The molecule has 88 valence electrons. The standard InChI is InChI=1S/C12H13N3O2/c1-2-6-13-10(3-1)11-14-12(17-15-11)9-4-7-16-8-5-9/h1-3,6,9H,4-5,7-8H2. The fourth-order valence-corrected chi connectivity index (χ4v) is 1.94. The molecule has 0 amide bonds. The minimum absolute atomic E-state index is 0.328. The second kappa shape index (κ2) is 4.63. The minimum Gasteiger partial charge on any atom is -0.381 e. The summed E-state index contributed by atoms with van der Waals surface area (Å²) in [6, 6.07) is 5.65. The first-order chi connectivity index (χ1) is 8.43. The molecule has 3 heterocycles. The summed E-state index contributed by atoms with van der Waals surface area (Å²) in [5.74, 6) is 1.59. The average Bonchev–Trinajstić information content (AvgIpc) is 2.90. The van der Waals surface area contributed by atoms with Gasteiger partial charge in [0, 0.05) is 25.3 Å². The van der Waals surface area contributed by atoms with Crippen molar-refractivity contribution in [2.45, 2.75) is 18.8 Å². The van der Waals surface area contributed by atoms with E-state index in [4.69, 9.17) is 9.26 Å². The second-order valence-corrected chi connectivity index (χ2v) is 4.06. The van der Waals surface area contributed by atoms with Gasteiger partial charge in [0.25, 0.3) is 0 Å². The van der Waals surface area contributed by atoms with Crippen LogP contribution in [0.4, 0.5) is 0 Å². The number of hydrogen-bond donors (Lipinski definition) is 0. The fraction of sp³-hybridized carbons (Fsp3) is 0.417. The molecule has 1 aliphatic heterocycles. The molecule has 0 radical (unpaired) electrons. The van der Waals surface area contributed by atoms with E-state index in [9.17, 15) is 0 Å². The Balaban J connectivity index is 1.83. The summed E-state index contributed by atoms with van der Waals surface area (Å²) in [4.78, 5) is 8.61. The Labute approximate surface area is 98.8 Å². The Hall–Kier alpha value is -1.75. The van der Waals surface area contributed by atoms with E-state index >= 15 is 0 Å². The van der Waals surface area contributed by atoms with E-state index in [1.807, 2.05) is 18.2 Å². The summed E-state index contributed by atoms with van der Waals surface area (Å²) >= 11 is 0. The molecule has 1 aliphatic rings. The van der Waals surface area contributed by atoms with Crippen molar-refractivity contribution in [2.75, 3.05) is 13.2 Å². The van der Waals surface area contributed by atoms with Gasteiger partial charge in [-0.05, 0) is 25.0 Å². The number of rotatable bonds is 2. The van der Waals surface area contributed by atoms with Gasteiger partial charge in [0.05, 0.1) is 0 Å². The zero-order chi connectivity index (χ0) is 11.5. The summed E-state index contributed by atoms with van der Waals surface area (Å²) in [6.07, 6.45) is 3.62. The molecule has 2 aromatic rings. The Morgan fingerprint density at radius 3 is 2.82 bits per heavy atom. The van der Waals surface area contributed by atoms with Gasteiger partial charge in [-0.15, -0.1) is 0 Å². The molecule has 0 aliphatic carbocycles. The van der Waals surface area contributed by atoms with Gasteiger partial charge in [-0.25, -0.2) is 0 Å². The highest BCUT2D eigenvalue weighted by Crippen LogP contribution is 2.26. The Morgan fingerprint density at radius 2 is 2.06 bits per heavy atom. The van der Waals surface area contributed by atoms with Gasteiger partial charge in [0.2, 0.25) is 11.7 Å². The molecular weight excluding hydrogens is 218 g/mol. The van der Waals surface area contributed by atoms with Gasteiger partial charge < -0.3 is 9.26 Å². The zero-order valence-corrected chi connectivity index (χ0v) is 9.37. The quantitative estimate of drug-likeness (QED) is 0.791. The fourth-order valence-electron chi connectivity index (χ4n) is 1.94. The predicted octanol–water partition coefficient (Wildman–Crippen LogP) is 2.03. The van der Waals surface area contributed by atoms with Crippen molar-refractivity contribution < 1.29 is 9.26 Å². The Morgan fingerprint density at radius 1 is 1.18 bits per heavy atom. The van der Waals surface area contributed by atoms with Crippen molar-refractivity contribution >= 4 is 0 Å². The van der Waals surface area contributed by atoms with E-state index < -0.39 is 0 Å². The normalized spacial score (nSPS) is 17.2. The van der Waals surface area contributed by atoms with Gasteiger partial charge >= 0.3 is 0 Å². The molecule has 5 nitrogen and oxygen atoms in total. The van der Waals surface area contributed by atoms with Gasteiger partial charge in [-0.3, -0.25) is 4.98 Å². The van der Waals surface area contributed by atoms with Crippen LogP contribution >= 0.6 is 0 Å². The average molecular weight is 231 g/mol. The van der Waals surface area contributed by atoms with Crippen LogP contribution in [-0.4, -0.2) is 28.3 Å². The maximum Gasteiger partial charge on any atom is 0.230 e. The van der Waals surface area contributed by atoms with Crippen molar-refractivity contribution in [3.8, 4) is 11.5 Å². The summed E-state index contributed by atoms with van der Waals surface area (Å²) in [5, 5.41) is 3.97. The van der Waals surface area contributed by atoms with E-state index in [0.717, 1.165) is 31.7 Å². The van der Waals surface area contributed by atoms with Gasteiger partial charge in [0.15, 0.2) is 0 Å². The Kier molecular flexibility index (Phi) is 2.83. The molecule has 3 rings (SSSR count). The molecule has 0 unspecified atom stereocenters. The Bertz CT molecular complexity index is 478. The largest absolute Gasteiger partial charge is 0.381 e. The van der Waals surface area contributed by atoms with Gasteiger partial charge in [-0.2, -0.15) is 4.98 Å². The van der Waals surface area contributed by atoms with Crippen LogP contribution in [0.2, 0.25) is 0 Å². The van der Waals surface area contributed by atoms with E-state index in [0.29, 0.717) is 17.6 Å². The highest BCUT2D eigenvalue weighted by atomic mass is 16.5. The highest BCUT2D eigenvalue weighted by Gasteiger charge is 2.22. The molecule has 1 fully saturated rings. The third-order valence-electron chi connectivity index (χ3n) is 2.91. The molecule has 1 saturated heterocycles. The molecule has 0 aromatic carbocycles. The number of ether oxygens (including phenoxy) is 1. The lowest BCUT2D eigenvalue weighted by atomic mass is 10.0. The summed E-state index contributed by atoms with van der Waals surface area (Å²) in [6.45, 7) is 1.54. The first-order valence-corrected chi connectivity index (χ1v) is 5.76. The second-order valence-electron chi connectivity index (χ2n) is 4.06. The number of pyridine rings is 1. The molecule has 5 heteroatoms. The highest BCUT2D eigenvalue weighted by molar-refractivity contribution is 5.47. The summed E-state index contributed by atoms with van der Waals surface area (Å²) in [5.41, 5.74) is 0.745. The lowest BCUT2D eigenvalue weighted by Crippen LogP contribution is -2.14. The van der Waals surface area contributed by atoms with Crippen molar-refractivity contribution in [3.63, 3.8) is 0 Å². The predicted molar refractivity (Wildman–Crippen MR) is 60.3 cm³/mol. The maximum atomic E-state index is 5.31. The molecule has 17 heavy (non-hydrogen) atoms. The zero-order valence-electron chi connectivity index (χ0n) is 9.37. The van der Waals surface area contributed by atoms with Gasteiger partial charge in [-0.1, -0.05) is 11.2 Å². The summed E-state index contributed by atoms with van der Waals surface area (Å²) in [7, 11) is 0. The van der Waals surface area contributed by atoms with Crippen LogP contribution in [0.1, 0.15) is 24.7 Å². The lowest BCUT2D eigenvalue weighted by molar-refractivity contribution is 0.0778. The topological polar surface area (TPSA) is 61.0 Å². The molecule has 0 bridgehead atoms. The van der Waals surface area contributed by atoms with E-state index in [2.05, 4.69) is 15.1 Å². The van der Waals surface area contributed by atoms with Crippen LogP contribution in [0.15, 0.2) is 28.9 Å². The van der Waals surface area contributed by atoms with Crippen LogP contribution in [0, 0.1) is 0 Å². The van der Waals surface area contributed by atoms with Crippen LogP contribution in [0.3, 0.4) is 0 Å². The molecule has 2 aromatic heterocycles. The molecule has 0 N–H and O–H groups in total. The summed E-state index contributed by atoms with van der Waals surface area (Å²) < 4.78 is 10.6. The third-order valence-corrected chi connectivity index (χ3v) is 2.91. The van der Waals surface area contributed by atoms with Crippen LogP contribution in [-0.2, 0) is 4.74 Å². The van der Waals surface area contributed by atoms with Crippen molar-refractivity contribution in [2.24, 2.45) is 0 Å². The monoisotopic (exact) mass is 231 g/mol. The first kappa shape index (κ1) is 10.4. The van der Waals surface area contributed by atoms with Crippen LogP contribution in [0.25, 0.3) is 11.5 Å². The van der Waals surface area contributed by atoms with Crippen molar-refractivity contribution in [1.82, 2.24) is 15.1 Å². The van der Waals surface area contributed by atoms with Gasteiger partial charge in [0.1, 0.15) is 5.69 Å². The van der Waals surface area contributed by atoms with Crippen molar-refractivity contribution in [3.05, 3.63) is 30.3 Å². The molecule has 0 atom stereocenters. The SMILES string of the molecule is c1ccc(-c2noc(C3CCOCC3)n2)nc1. The van der Waals surface area contributed by atoms with E-state index in [1.165, 1.54) is 0 Å². The maximum absolute atomic E-state index is 5.31. The van der Waals surface area contributed by atoms with E-state index in [1.54, 1.807) is 6.20 Å². The number of hydrogen-bond acceptors (Lipinski definition) is 5.